The lowest BCUT2D eigenvalue weighted by molar-refractivity contribution is -0.0940. The smallest absolute Gasteiger partial charge is 0.191 e. The van der Waals surface area contributed by atoms with Crippen LogP contribution in [0.1, 0.15) is 19.3 Å². The van der Waals surface area contributed by atoms with E-state index in [0.717, 1.165) is 39.3 Å². The number of nitrogens with zero attached hydrogens (tertiary/aromatic N) is 2. The van der Waals surface area contributed by atoms with Gasteiger partial charge >= 0.3 is 0 Å². The number of ether oxygens (including phenoxy) is 2. The molecule has 5 nitrogen and oxygen atoms in total. The topological polar surface area (TPSA) is 60.1 Å². The van der Waals surface area contributed by atoms with Crippen molar-refractivity contribution < 1.29 is 9.47 Å². The summed E-state index contributed by atoms with van der Waals surface area (Å²) in [6, 6.07) is 0.392. The number of aliphatic imine (C=N–C) groups is 1. The van der Waals surface area contributed by atoms with Crippen LogP contribution in [0.3, 0.4) is 0 Å². The van der Waals surface area contributed by atoms with Crippen LogP contribution in [0.25, 0.3) is 0 Å². The molecule has 3 unspecified atom stereocenters. The highest BCUT2D eigenvalue weighted by Crippen LogP contribution is 2.39. The minimum absolute atomic E-state index is 0.392. The Morgan fingerprint density at radius 3 is 2.82 bits per heavy atom. The van der Waals surface area contributed by atoms with Crippen molar-refractivity contribution in [2.75, 3.05) is 32.9 Å². The molecular formula is C12H21N3O2. The van der Waals surface area contributed by atoms with Gasteiger partial charge in [0.1, 0.15) is 0 Å². The Labute approximate surface area is 102 Å². The first-order chi connectivity index (χ1) is 8.34. The first kappa shape index (κ1) is 11.3. The summed E-state index contributed by atoms with van der Waals surface area (Å²) in [6.45, 7) is 4.18. The molecular weight excluding hydrogens is 218 g/mol. The van der Waals surface area contributed by atoms with Crippen LogP contribution < -0.4 is 5.73 Å². The standard InChI is InChI=1S/C12H21N3O2/c13-12(15-3-6-16-7-4-15)14-10-8-11-9(10)2-1-5-17-11/h9-11H,1-8H2,(H2,13,14). The van der Waals surface area contributed by atoms with Crippen LogP contribution in [0.2, 0.25) is 0 Å². The van der Waals surface area contributed by atoms with Crippen LogP contribution in [0.5, 0.6) is 0 Å². The summed E-state index contributed by atoms with van der Waals surface area (Å²) in [4.78, 5) is 6.80. The van der Waals surface area contributed by atoms with Crippen molar-refractivity contribution in [3.63, 3.8) is 0 Å². The quantitative estimate of drug-likeness (QED) is 0.524. The van der Waals surface area contributed by atoms with Crippen molar-refractivity contribution in [1.29, 1.82) is 0 Å². The molecule has 0 bridgehead atoms. The van der Waals surface area contributed by atoms with Crippen LogP contribution in [0.4, 0.5) is 0 Å². The lowest BCUT2D eigenvalue weighted by atomic mass is 9.73. The predicted octanol–water partition coefficient (Wildman–Crippen LogP) is 0.201. The first-order valence-electron chi connectivity index (χ1n) is 6.62. The molecule has 96 valence electrons. The van der Waals surface area contributed by atoms with Gasteiger partial charge in [-0.05, 0) is 19.3 Å². The third-order valence-electron chi connectivity index (χ3n) is 4.09. The van der Waals surface area contributed by atoms with Gasteiger partial charge in [0.15, 0.2) is 5.96 Å². The van der Waals surface area contributed by atoms with Crippen LogP contribution in [-0.4, -0.2) is 55.9 Å². The van der Waals surface area contributed by atoms with Gasteiger partial charge in [0.25, 0.3) is 0 Å². The average Bonchev–Trinajstić information content (AvgIpc) is 2.37. The average molecular weight is 239 g/mol. The first-order valence-corrected chi connectivity index (χ1v) is 6.62. The van der Waals surface area contributed by atoms with E-state index in [1.54, 1.807) is 0 Å². The molecule has 3 rings (SSSR count). The number of hydrogen-bond acceptors (Lipinski definition) is 3. The molecule has 2 saturated heterocycles. The second-order valence-electron chi connectivity index (χ2n) is 5.11. The van der Waals surface area contributed by atoms with Gasteiger partial charge in [-0.1, -0.05) is 0 Å². The molecule has 0 aromatic carbocycles. The van der Waals surface area contributed by atoms with Gasteiger partial charge in [-0.25, -0.2) is 4.99 Å². The van der Waals surface area contributed by atoms with E-state index in [2.05, 4.69) is 9.89 Å². The molecule has 0 amide bonds. The largest absolute Gasteiger partial charge is 0.378 e. The Balaban J connectivity index is 1.57. The van der Waals surface area contributed by atoms with Gasteiger partial charge < -0.3 is 20.1 Å². The number of hydrogen-bond donors (Lipinski definition) is 1. The molecule has 2 aliphatic heterocycles. The summed E-state index contributed by atoms with van der Waals surface area (Å²) in [6.07, 6.45) is 3.92. The molecule has 3 fully saturated rings. The Bertz CT molecular complexity index is 302. The third-order valence-corrected chi connectivity index (χ3v) is 4.09. The lowest BCUT2D eigenvalue weighted by Gasteiger charge is -2.45. The highest BCUT2D eigenvalue weighted by Gasteiger charge is 2.43. The summed E-state index contributed by atoms with van der Waals surface area (Å²) in [5, 5.41) is 0. The molecule has 3 atom stereocenters. The van der Waals surface area contributed by atoms with Gasteiger partial charge in [0.05, 0.1) is 25.4 Å². The van der Waals surface area contributed by atoms with Crippen LogP contribution in [-0.2, 0) is 9.47 Å². The minimum Gasteiger partial charge on any atom is -0.378 e. The highest BCUT2D eigenvalue weighted by atomic mass is 16.5. The molecule has 1 aliphatic carbocycles. The monoisotopic (exact) mass is 239 g/mol. The van der Waals surface area contributed by atoms with Gasteiger partial charge in [-0.2, -0.15) is 0 Å². The Morgan fingerprint density at radius 2 is 2.06 bits per heavy atom. The summed E-state index contributed by atoms with van der Waals surface area (Å²) in [5.74, 6) is 1.31. The van der Waals surface area contributed by atoms with E-state index in [4.69, 9.17) is 15.2 Å². The van der Waals surface area contributed by atoms with Crippen molar-refractivity contribution in [1.82, 2.24) is 4.90 Å². The number of guanidine groups is 1. The maximum Gasteiger partial charge on any atom is 0.191 e. The number of fused-ring (bicyclic) bond motifs is 1. The van der Waals surface area contributed by atoms with E-state index >= 15 is 0 Å². The van der Waals surface area contributed by atoms with E-state index in [9.17, 15) is 0 Å². The number of morpholine rings is 1. The SMILES string of the molecule is NC(=NC1CC2OCCCC12)N1CCOCC1. The number of rotatable bonds is 1. The zero-order valence-corrected chi connectivity index (χ0v) is 10.2. The predicted molar refractivity (Wildman–Crippen MR) is 64.9 cm³/mol. The molecule has 0 spiro atoms. The Morgan fingerprint density at radius 1 is 1.24 bits per heavy atom. The normalized spacial score (nSPS) is 38.5. The van der Waals surface area contributed by atoms with Gasteiger partial charge in [0.2, 0.25) is 0 Å². The number of nitrogens with two attached hydrogens (primary N) is 1. The van der Waals surface area contributed by atoms with E-state index in [1.807, 2.05) is 0 Å². The molecule has 0 aromatic heterocycles. The molecule has 17 heavy (non-hydrogen) atoms. The lowest BCUT2D eigenvalue weighted by Crippen LogP contribution is -2.51. The second-order valence-corrected chi connectivity index (χ2v) is 5.11. The fraction of sp³-hybridized carbons (Fsp3) is 0.917. The molecule has 2 heterocycles. The van der Waals surface area contributed by atoms with E-state index in [1.165, 1.54) is 12.8 Å². The maximum atomic E-state index is 6.06. The summed E-state index contributed by atoms with van der Waals surface area (Å²) in [7, 11) is 0. The van der Waals surface area contributed by atoms with Crippen molar-refractivity contribution >= 4 is 5.96 Å². The Hall–Kier alpha value is -0.810. The Kier molecular flexibility index (Phi) is 3.20. The van der Waals surface area contributed by atoms with Crippen molar-refractivity contribution in [3.8, 4) is 0 Å². The summed E-state index contributed by atoms with van der Waals surface area (Å²) < 4.78 is 11.0. The van der Waals surface area contributed by atoms with Gasteiger partial charge in [-0.15, -0.1) is 0 Å². The fourth-order valence-electron chi connectivity index (χ4n) is 2.96. The summed E-state index contributed by atoms with van der Waals surface area (Å²) >= 11 is 0. The maximum absolute atomic E-state index is 6.06. The van der Waals surface area contributed by atoms with E-state index in [0.29, 0.717) is 24.0 Å². The third kappa shape index (κ3) is 2.26. The van der Waals surface area contributed by atoms with Crippen molar-refractivity contribution in [2.24, 2.45) is 16.6 Å². The van der Waals surface area contributed by atoms with E-state index in [-0.39, 0.29) is 0 Å². The minimum atomic E-state index is 0.392. The second kappa shape index (κ2) is 4.82. The summed E-state index contributed by atoms with van der Waals surface area (Å²) in [5.41, 5.74) is 6.06. The molecule has 2 N–H and O–H groups in total. The fourth-order valence-corrected chi connectivity index (χ4v) is 2.96. The molecule has 1 saturated carbocycles. The zero-order chi connectivity index (χ0) is 11.7. The molecule has 3 aliphatic rings. The zero-order valence-electron chi connectivity index (χ0n) is 10.2. The van der Waals surface area contributed by atoms with Gasteiger partial charge in [0, 0.05) is 25.6 Å². The molecule has 0 radical (unpaired) electrons. The van der Waals surface area contributed by atoms with Gasteiger partial charge in [-0.3, -0.25) is 0 Å². The molecule has 0 aromatic rings. The molecule has 5 heteroatoms. The highest BCUT2D eigenvalue weighted by molar-refractivity contribution is 5.78. The van der Waals surface area contributed by atoms with Crippen LogP contribution in [0, 0.1) is 5.92 Å². The van der Waals surface area contributed by atoms with Crippen LogP contribution >= 0.6 is 0 Å². The van der Waals surface area contributed by atoms with Crippen LogP contribution in [0.15, 0.2) is 4.99 Å². The van der Waals surface area contributed by atoms with Crippen molar-refractivity contribution in [2.45, 2.75) is 31.4 Å². The van der Waals surface area contributed by atoms with E-state index < -0.39 is 0 Å². The van der Waals surface area contributed by atoms with Crippen molar-refractivity contribution in [3.05, 3.63) is 0 Å².